The Bertz CT molecular complexity index is 332. The molecule has 3 rings (SSSR count). The molecule has 0 radical (unpaired) electrons. The molecule has 3 fully saturated rings. The number of carbonyl (C=O) groups is 2. The molecule has 0 aliphatic carbocycles. The average Bonchev–Trinajstić information content (AvgIpc) is 2.93. The zero-order chi connectivity index (χ0) is 11.8. The lowest BCUT2D eigenvalue weighted by Gasteiger charge is -2.26. The van der Waals surface area contributed by atoms with E-state index in [1.807, 2.05) is 5.06 Å². The lowest BCUT2D eigenvalue weighted by Crippen LogP contribution is -2.40. The van der Waals surface area contributed by atoms with Gasteiger partial charge in [0.25, 0.3) is 5.91 Å². The van der Waals surface area contributed by atoms with Gasteiger partial charge >= 0.3 is 6.09 Å². The summed E-state index contributed by atoms with van der Waals surface area (Å²) in [7, 11) is 0. The van der Waals surface area contributed by atoms with Crippen molar-refractivity contribution in [2.45, 2.75) is 37.8 Å². The SMILES string of the molecule is O=C1OCCN1C(=O)C1CC2CCCCN2O1. The van der Waals surface area contributed by atoms with Gasteiger partial charge < -0.3 is 4.74 Å². The molecule has 3 saturated heterocycles. The van der Waals surface area contributed by atoms with E-state index in [1.54, 1.807) is 0 Å². The molecular weight excluding hydrogens is 224 g/mol. The Morgan fingerprint density at radius 3 is 2.88 bits per heavy atom. The van der Waals surface area contributed by atoms with E-state index in [2.05, 4.69) is 0 Å². The molecule has 2 atom stereocenters. The van der Waals surface area contributed by atoms with Crippen molar-refractivity contribution in [1.29, 1.82) is 0 Å². The molecule has 3 aliphatic rings. The first-order chi connectivity index (χ1) is 8.25. The van der Waals surface area contributed by atoms with E-state index in [0.29, 0.717) is 25.6 Å². The zero-order valence-corrected chi connectivity index (χ0v) is 9.63. The number of carbonyl (C=O) groups excluding carboxylic acids is 2. The van der Waals surface area contributed by atoms with Gasteiger partial charge in [0.15, 0.2) is 6.10 Å². The molecule has 17 heavy (non-hydrogen) atoms. The van der Waals surface area contributed by atoms with Crippen molar-refractivity contribution in [3.63, 3.8) is 0 Å². The Labute approximate surface area is 99.4 Å². The molecule has 0 bridgehead atoms. The van der Waals surface area contributed by atoms with Gasteiger partial charge in [0.2, 0.25) is 0 Å². The van der Waals surface area contributed by atoms with Gasteiger partial charge in [-0.25, -0.2) is 9.69 Å². The van der Waals surface area contributed by atoms with Crippen molar-refractivity contribution in [2.75, 3.05) is 19.7 Å². The van der Waals surface area contributed by atoms with Crippen LogP contribution in [0.3, 0.4) is 0 Å². The highest BCUT2D eigenvalue weighted by atomic mass is 16.7. The van der Waals surface area contributed by atoms with Crippen LogP contribution in [0.4, 0.5) is 4.79 Å². The number of cyclic esters (lactones) is 1. The van der Waals surface area contributed by atoms with E-state index in [9.17, 15) is 9.59 Å². The van der Waals surface area contributed by atoms with E-state index < -0.39 is 12.2 Å². The Kier molecular flexibility index (Phi) is 2.76. The molecule has 3 aliphatic heterocycles. The second kappa shape index (κ2) is 4.27. The molecule has 0 aromatic carbocycles. The van der Waals surface area contributed by atoms with Gasteiger partial charge in [0.1, 0.15) is 6.61 Å². The number of hydroxylamine groups is 2. The summed E-state index contributed by atoms with van der Waals surface area (Å²) in [4.78, 5) is 30.2. The molecule has 0 N–H and O–H groups in total. The smallest absolute Gasteiger partial charge is 0.416 e. The molecule has 0 aromatic heterocycles. The van der Waals surface area contributed by atoms with Gasteiger partial charge in [0, 0.05) is 19.0 Å². The van der Waals surface area contributed by atoms with E-state index in [-0.39, 0.29) is 5.91 Å². The summed E-state index contributed by atoms with van der Waals surface area (Å²) in [6, 6.07) is 0.344. The van der Waals surface area contributed by atoms with Crippen LogP contribution in [0.15, 0.2) is 0 Å². The first-order valence-corrected chi connectivity index (χ1v) is 6.17. The summed E-state index contributed by atoms with van der Waals surface area (Å²) < 4.78 is 4.76. The number of amides is 2. The maximum Gasteiger partial charge on any atom is 0.416 e. The molecule has 6 nitrogen and oxygen atoms in total. The third kappa shape index (κ3) is 1.91. The van der Waals surface area contributed by atoms with Gasteiger partial charge in [-0.05, 0) is 12.8 Å². The summed E-state index contributed by atoms with van der Waals surface area (Å²) in [6.45, 7) is 1.53. The van der Waals surface area contributed by atoms with Crippen LogP contribution in [0.2, 0.25) is 0 Å². The molecule has 0 aromatic rings. The number of ether oxygens (including phenoxy) is 1. The van der Waals surface area contributed by atoms with Gasteiger partial charge in [-0.1, -0.05) is 6.42 Å². The predicted octanol–water partition coefficient (Wildman–Crippen LogP) is 0.524. The van der Waals surface area contributed by atoms with Gasteiger partial charge in [-0.3, -0.25) is 9.63 Å². The lowest BCUT2D eigenvalue weighted by atomic mass is 10.0. The Hall–Kier alpha value is -1.14. The monoisotopic (exact) mass is 240 g/mol. The van der Waals surface area contributed by atoms with Crippen LogP contribution >= 0.6 is 0 Å². The average molecular weight is 240 g/mol. The third-order valence-electron chi connectivity index (χ3n) is 3.62. The van der Waals surface area contributed by atoms with Crippen molar-refractivity contribution in [1.82, 2.24) is 9.96 Å². The van der Waals surface area contributed by atoms with Crippen molar-refractivity contribution in [2.24, 2.45) is 0 Å². The fraction of sp³-hybridized carbons (Fsp3) is 0.818. The second-order valence-electron chi connectivity index (χ2n) is 4.72. The van der Waals surface area contributed by atoms with Crippen LogP contribution in [0.5, 0.6) is 0 Å². The molecule has 6 heteroatoms. The highest BCUT2D eigenvalue weighted by Crippen LogP contribution is 2.30. The molecule has 0 saturated carbocycles. The van der Waals surface area contributed by atoms with Crippen molar-refractivity contribution < 1.29 is 19.2 Å². The molecule has 94 valence electrons. The van der Waals surface area contributed by atoms with Crippen LogP contribution in [-0.2, 0) is 14.4 Å². The normalized spacial score (nSPS) is 33.6. The zero-order valence-electron chi connectivity index (χ0n) is 9.63. The molecular formula is C11H16N2O4. The van der Waals surface area contributed by atoms with Crippen LogP contribution < -0.4 is 0 Å². The minimum absolute atomic E-state index is 0.248. The highest BCUT2D eigenvalue weighted by molar-refractivity contribution is 5.95. The summed E-state index contributed by atoms with van der Waals surface area (Å²) >= 11 is 0. The van der Waals surface area contributed by atoms with Crippen molar-refractivity contribution in [3.8, 4) is 0 Å². The van der Waals surface area contributed by atoms with Gasteiger partial charge in [-0.2, -0.15) is 5.06 Å². The number of imide groups is 1. The van der Waals surface area contributed by atoms with Crippen LogP contribution in [-0.4, -0.2) is 53.8 Å². The Balaban J connectivity index is 1.65. The second-order valence-corrected chi connectivity index (χ2v) is 4.72. The minimum Gasteiger partial charge on any atom is -0.447 e. The maximum atomic E-state index is 12.1. The van der Waals surface area contributed by atoms with E-state index >= 15 is 0 Å². The largest absolute Gasteiger partial charge is 0.447 e. The van der Waals surface area contributed by atoms with Crippen LogP contribution in [0, 0.1) is 0 Å². The lowest BCUT2D eigenvalue weighted by molar-refractivity contribution is -0.183. The summed E-state index contributed by atoms with van der Waals surface area (Å²) in [5, 5.41) is 1.91. The molecule has 0 spiro atoms. The fourth-order valence-electron chi connectivity index (χ4n) is 2.72. The molecule has 2 amide bonds. The highest BCUT2D eigenvalue weighted by Gasteiger charge is 2.42. The number of nitrogens with zero attached hydrogens (tertiary/aromatic N) is 2. The Morgan fingerprint density at radius 2 is 2.18 bits per heavy atom. The number of piperidine rings is 1. The van der Waals surface area contributed by atoms with E-state index in [4.69, 9.17) is 9.57 Å². The minimum atomic E-state index is -0.538. The topological polar surface area (TPSA) is 59.1 Å². The predicted molar refractivity (Wildman–Crippen MR) is 56.9 cm³/mol. The molecule has 3 heterocycles. The van der Waals surface area contributed by atoms with E-state index in [1.165, 1.54) is 6.42 Å². The van der Waals surface area contributed by atoms with Crippen molar-refractivity contribution in [3.05, 3.63) is 0 Å². The van der Waals surface area contributed by atoms with Gasteiger partial charge in [0.05, 0.1) is 6.54 Å². The number of hydrogen-bond acceptors (Lipinski definition) is 5. The first-order valence-electron chi connectivity index (χ1n) is 6.17. The summed E-state index contributed by atoms with van der Waals surface area (Å²) in [6.07, 6.45) is 3.05. The van der Waals surface area contributed by atoms with Crippen LogP contribution in [0.25, 0.3) is 0 Å². The number of hydrogen-bond donors (Lipinski definition) is 0. The Morgan fingerprint density at radius 1 is 1.29 bits per heavy atom. The quantitative estimate of drug-likeness (QED) is 0.669. The number of rotatable bonds is 1. The van der Waals surface area contributed by atoms with Crippen LogP contribution in [0.1, 0.15) is 25.7 Å². The van der Waals surface area contributed by atoms with Gasteiger partial charge in [-0.15, -0.1) is 0 Å². The fourth-order valence-corrected chi connectivity index (χ4v) is 2.72. The number of fused-ring (bicyclic) bond motifs is 1. The first kappa shape index (κ1) is 11.0. The maximum absolute atomic E-state index is 12.1. The summed E-state index contributed by atoms with van der Waals surface area (Å²) in [5.41, 5.74) is 0. The standard InChI is InChI=1S/C11H16N2O4/c14-10(12-5-6-16-11(12)15)9-7-8-3-1-2-4-13(8)17-9/h8-9H,1-7H2. The third-order valence-corrected chi connectivity index (χ3v) is 3.62. The summed E-state index contributed by atoms with van der Waals surface area (Å²) in [5.74, 6) is -0.248. The van der Waals surface area contributed by atoms with Crippen molar-refractivity contribution >= 4 is 12.0 Å². The van der Waals surface area contributed by atoms with E-state index in [0.717, 1.165) is 24.3 Å². The molecule has 2 unspecified atom stereocenters.